The molecule has 0 atom stereocenters. The van der Waals surface area contributed by atoms with E-state index in [9.17, 15) is 13.2 Å². The van der Waals surface area contributed by atoms with Crippen molar-refractivity contribution in [3.8, 4) is 0 Å². The molecule has 0 aromatic heterocycles. The largest absolute Gasteiger partial charge is 0.378 e. The maximum absolute atomic E-state index is 13.2. The average Bonchev–Trinajstić information content (AvgIpc) is 2.74. The Labute approximate surface area is 165 Å². The molecule has 2 heterocycles. The minimum absolute atomic E-state index is 0.0914. The monoisotopic (exact) mass is 403 g/mol. The summed E-state index contributed by atoms with van der Waals surface area (Å²) in [6, 6.07) is 12.9. The van der Waals surface area contributed by atoms with E-state index in [0.29, 0.717) is 63.9 Å². The van der Waals surface area contributed by atoms with Crippen LogP contribution in [0, 0.1) is 0 Å². The number of hydrogen-bond donors (Lipinski definition) is 0. The molecule has 0 N–H and O–H groups in total. The lowest BCUT2D eigenvalue weighted by Gasteiger charge is -2.35. The normalized spacial score (nSPS) is 19.8. The van der Waals surface area contributed by atoms with Gasteiger partial charge in [0.05, 0.1) is 24.7 Å². The van der Waals surface area contributed by atoms with Crippen LogP contribution in [0.25, 0.3) is 10.8 Å². The van der Waals surface area contributed by atoms with Gasteiger partial charge in [-0.25, -0.2) is 8.42 Å². The maximum Gasteiger partial charge on any atom is 0.243 e. The van der Waals surface area contributed by atoms with E-state index in [1.807, 2.05) is 40.1 Å². The molecule has 28 heavy (non-hydrogen) atoms. The zero-order valence-electron chi connectivity index (χ0n) is 15.8. The zero-order chi connectivity index (χ0) is 19.6. The van der Waals surface area contributed by atoms with Crippen LogP contribution >= 0.6 is 0 Å². The summed E-state index contributed by atoms with van der Waals surface area (Å²) in [4.78, 5) is 16.6. The highest BCUT2D eigenvalue weighted by Crippen LogP contribution is 2.26. The molecule has 2 aliphatic heterocycles. The Bertz CT molecular complexity index is 944. The van der Waals surface area contributed by atoms with Crippen LogP contribution in [0.5, 0.6) is 0 Å². The van der Waals surface area contributed by atoms with Gasteiger partial charge in [0.2, 0.25) is 15.9 Å². The van der Waals surface area contributed by atoms with Gasteiger partial charge in [-0.1, -0.05) is 36.4 Å². The Morgan fingerprint density at radius 2 is 1.57 bits per heavy atom. The number of nitrogens with zero attached hydrogens (tertiary/aromatic N) is 3. The standard InChI is InChI=1S/C20H25N3O4S/c24-20(22-12-14-27-15-13-22)16-21-8-10-23(11-9-21)28(25,26)19-7-3-5-17-4-1-2-6-18(17)19/h1-7H,8-16H2. The third-order valence-corrected chi connectivity index (χ3v) is 7.38. The molecule has 0 radical (unpaired) electrons. The Hall–Kier alpha value is -2.00. The summed E-state index contributed by atoms with van der Waals surface area (Å²) in [5, 5.41) is 1.66. The van der Waals surface area contributed by atoms with E-state index in [1.165, 1.54) is 4.31 Å². The molecule has 0 saturated carbocycles. The highest BCUT2D eigenvalue weighted by Gasteiger charge is 2.30. The zero-order valence-corrected chi connectivity index (χ0v) is 16.6. The summed E-state index contributed by atoms with van der Waals surface area (Å²) in [7, 11) is -3.57. The molecule has 0 spiro atoms. The van der Waals surface area contributed by atoms with Gasteiger partial charge in [-0.15, -0.1) is 0 Å². The van der Waals surface area contributed by atoms with Gasteiger partial charge in [0, 0.05) is 44.7 Å². The van der Waals surface area contributed by atoms with Crippen LogP contribution in [-0.2, 0) is 19.6 Å². The molecule has 150 valence electrons. The quantitative estimate of drug-likeness (QED) is 0.762. The second-order valence-electron chi connectivity index (χ2n) is 7.15. The number of carbonyl (C=O) groups is 1. The van der Waals surface area contributed by atoms with Crippen LogP contribution < -0.4 is 0 Å². The summed E-state index contributed by atoms with van der Waals surface area (Å²) in [5.41, 5.74) is 0. The molecule has 2 aromatic rings. The minimum Gasteiger partial charge on any atom is -0.378 e. The summed E-state index contributed by atoms with van der Waals surface area (Å²) in [6.45, 7) is 4.67. The van der Waals surface area contributed by atoms with Crippen molar-refractivity contribution >= 4 is 26.7 Å². The van der Waals surface area contributed by atoms with Crippen LogP contribution in [0.4, 0.5) is 0 Å². The van der Waals surface area contributed by atoms with Crippen molar-refractivity contribution in [2.24, 2.45) is 0 Å². The molecule has 2 fully saturated rings. The number of carbonyl (C=O) groups excluding carboxylic acids is 1. The molecule has 2 aromatic carbocycles. The topological polar surface area (TPSA) is 70.2 Å². The predicted octanol–water partition coefficient (Wildman–Crippen LogP) is 1.00. The molecule has 2 aliphatic rings. The molecule has 2 saturated heterocycles. The van der Waals surface area contributed by atoms with Crippen LogP contribution in [0.15, 0.2) is 47.4 Å². The fourth-order valence-electron chi connectivity index (χ4n) is 3.79. The van der Waals surface area contributed by atoms with Crippen molar-refractivity contribution in [2.45, 2.75) is 4.90 Å². The Morgan fingerprint density at radius 3 is 2.32 bits per heavy atom. The number of benzene rings is 2. The van der Waals surface area contributed by atoms with Crippen LogP contribution in [0.3, 0.4) is 0 Å². The van der Waals surface area contributed by atoms with Gasteiger partial charge in [-0.3, -0.25) is 9.69 Å². The van der Waals surface area contributed by atoms with Crippen molar-refractivity contribution in [2.75, 3.05) is 59.0 Å². The van der Waals surface area contributed by atoms with E-state index in [1.54, 1.807) is 12.1 Å². The van der Waals surface area contributed by atoms with Gasteiger partial charge in [-0.05, 0) is 11.5 Å². The van der Waals surface area contributed by atoms with E-state index in [0.717, 1.165) is 10.8 Å². The summed E-state index contributed by atoms with van der Waals surface area (Å²) < 4.78 is 33.2. The smallest absolute Gasteiger partial charge is 0.243 e. The minimum atomic E-state index is -3.57. The lowest BCUT2D eigenvalue weighted by Crippen LogP contribution is -2.52. The van der Waals surface area contributed by atoms with Gasteiger partial charge in [-0.2, -0.15) is 4.31 Å². The van der Waals surface area contributed by atoms with E-state index in [2.05, 4.69) is 0 Å². The first-order chi connectivity index (χ1) is 13.6. The third-order valence-electron chi connectivity index (χ3n) is 5.42. The van der Waals surface area contributed by atoms with Gasteiger partial charge < -0.3 is 9.64 Å². The van der Waals surface area contributed by atoms with Gasteiger partial charge in [0.15, 0.2) is 0 Å². The highest BCUT2D eigenvalue weighted by atomic mass is 32.2. The Balaban J connectivity index is 1.42. The third kappa shape index (κ3) is 3.91. The number of hydrogen-bond acceptors (Lipinski definition) is 5. The Kier molecular flexibility index (Phi) is 5.63. The summed E-state index contributed by atoms with van der Waals surface area (Å²) >= 11 is 0. The predicted molar refractivity (Wildman–Crippen MR) is 107 cm³/mol. The number of ether oxygens (including phenoxy) is 1. The molecular weight excluding hydrogens is 378 g/mol. The summed E-state index contributed by atoms with van der Waals surface area (Å²) in [5.74, 6) is 0.0914. The number of rotatable bonds is 4. The van der Waals surface area contributed by atoms with Crippen molar-refractivity contribution in [3.05, 3.63) is 42.5 Å². The lowest BCUT2D eigenvalue weighted by atomic mass is 10.1. The van der Waals surface area contributed by atoms with E-state index >= 15 is 0 Å². The number of sulfonamides is 1. The Morgan fingerprint density at radius 1 is 0.893 bits per heavy atom. The molecule has 0 unspecified atom stereocenters. The molecule has 1 amide bonds. The molecule has 0 bridgehead atoms. The first-order valence-electron chi connectivity index (χ1n) is 9.61. The van der Waals surface area contributed by atoms with E-state index < -0.39 is 10.0 Å². The molecule has 4 rings (SSSR count). The van der Waals surface area contributed by atoms with Crippen LogP contribution in [0.2, 0.25) is 0 Å². The second-order valence-corrected chi connectivity index (χ2v) is 9.06. The van der Waals surface area contributed by atoms with Crippen LogP contribution in [0.1, 0.15) is 0 Å². The van der Waals surface area contributed by atoms with Gasteiger partial charge in [0.1, 0.15) is 0 Å². The number of morpholine rings is 1. The van der Waals surface area contributed by atoms with E-state index in [4.69, 9.17) is 4.74 Å². The fourth-order valence-corrected chi connectivity index (χ4v) is 5.43. The molecule has 8 heteroatoms. The number of piperazine rings is 1. The molecule has 0 aliphatic carbocycles. The molecular formula is C20H25N3O4S. The first kappa shape index (κ1) is 19.3. The number of fused-ring (bicyclic) bond motifs is 1. The fraction of sp³-hybridized carbons (Fsp3) is 0.450. The molecule has 7 nitrogen and oxygen atoms in total. The first-order valence-corrected chi connectivity index (χ1v) is 11.1. The SMILES string of the molecule is O=C(CN1CCN(S(=O)(=O)c2cccc3ccccc23)CC1)N1CCOCC1. The second kappa shape index (κ2) is 8.16. The maximum atomic E-state index is 13.2. The van der Waals surface area contributed by atoms with Gasteiger partial charge >= 0.3 is 0 Å². The highest BCUT2D eigenvalue weighted by molar-refractivity contribution is 7.89. The van der Waals surface area contributed by atoms with Crippen molar-refractivity contribution in [1.82, 2.24) is 14.1 Å². The summed E-state index contributed by atoms with van der Waals surface area (Å²) in [6.07, 6.45) is 0. The van der Waals surface area contributed by atoms with Gasteiger partial charge in [0.25, 0.3) is 0 Å². The van der Waals surface area contributed by atoms with Crippen molar-refractivity contribution in [1.29, 1.82) is 0 Å². The van der Waals surface area contributed by atoms with Crippen molar-refractivity contribution in [3.63, 3.8) is 0 Å². The van der Waals surface area contributed by atoms with Crippen LogP contribution in [-0.4, -0.2) is 87.5 Å². The lowest BCUT2D eigenvalue weighted by molar-refractivity contribution is -0.136. The van der Waals surface area contributed by atoms with Crippen molar-refractivity contribution < 1.29 is 17.9 Å². The van der Waals surface area contributed by atoms with E-state index in [-0.39, 0.29) is 5.91 Å². The number of amides is 1. The average molecular weight is 404 g/mol.